The van der Waals surface area contributed by atoms with Crippen molar-refractivity contribution in [2.45, 2.75) is 38.0 Å². The predicted molar refractivity (Wildman–Crippen MR) is 112 cm³/mol. The van der Waals surface area contributed by atoms with Crippen LogP contribution < -0.4 is 14.9 Å². The molecular weight excluding hydrogens is 374 g/mol. The number of benzene rings is 2. The number of hydrogen-bond acceptors (Lipinski definition) is 4. The lowest BCUT2D eigenvalue weighted by Gasteiger charge is -2.23. The number of fused-ring (bicyclic) bond motifs is 1. The van der Waals surface area contributed by atoms with E-state index in [-0.39, 0.29) is 10.8 Å². The SMILES string of the molecule is CCCCN(CC)c1ccc(C(=O)N2CCc3ccc(S(N)(=O)=O)cc32)cc1. The molecule has 0 spiro atoms. The Morgan fingerprint density at radius 1 is 1.14 bits per heavy atom. The summed E-state index contributed by atoms with van der Waals surface area (Å²) in [7, 11) is -3.81. The number of nitrogens with zero attached hydrogens (tertiary/aromatic N) is 2. The van der Waals surface area contributed by atoms with Gasteiger partial charge in [-0.25, -0.2) is 13.6 Å². The summed E-state index contributed by atoms with van der Waals surface area (Å²) in [6.45, 7) is 6.74. The van der Waals surface area contributed by atoms with Crippen molar-refractivity contribution in [2.24, 2.45) is 5.14 Å². The molecule has 2 aromatic rings. The van der Waals surface area contributed by atoms with Gasteiger partial charge >= 0.3 is 0 Å². The van der Waals surface area contributed by atoms with Crippen LogP contribution in [0.3, 0.4) is 0 Å². The first-order chi connectivity index (χ1) is 13.3. The van der Waals surface area contributed by atoms with Crippen LogP contribution in [-0.2, 0) is 16.4 Å². The van der Waals surface area contributed by atoms with Crippen LogP contribution >= 0.6 is 0 Å². The molecule has 0 bridgehead atoms. The maximum atomic E-state index is 13.0. The van der Waals surface area contributed by atoms with Crippen LogP contribution in [0.25, 0.3) is 0 Å². The van der Waals surface area contributed by atoms with Gasteiger partial charge in [0.05, 0.1) is 4.90 Å². The van der Waals surface area contributed by atoms with Crippen LogP contribution in [0.15, 0.2) is 47.4 Å². The summed E-state index contributed by atoms with van der Waals surface area (Å²) < 4.78 is 23.3. The second-order valence-electron chi connectivity index (χ2n) is 7.02. The second kappa shape index (κ2) is 8.32. The molecule has 0 atom stereocenters. The molecule has 0 unspecified atom stereocenters. The molecule has 1 aliphatic heterocycles. The van der Waals surface area contributed by atoms with Crippen molar-refractivity contribution in [3.05, 3.63) is 53.6 Å². The van der Waals surface area contributed by atoms with Crippen LogP contribution in [-0.4, -0.2) is 34.0 Å². The number of primary sulfonamides is 1. The van der Waals surface area contributed by atoms with Crippen molar-refractivity contribution >= 4 is 27.3 Å². The van der Waals surface area contributed by atoms with Crippen molar-refractivity contribution in [1.82, 2.24) is 0 Å². The number of unbranched alkanes of at least 4 members (excludes halogenated alkanes) is 1. The fraction of sp³-hybridized carbons (Fsp3) is 0.381. The van der Waals surface area contributed by atoms with E-state index in [2.05, 4.69) is 18.7 Å². The molecule has 3 rings (SSSR count). The van der Waals surface area contributed by atoms with Crippen molar-refractivity contribution < 1.29 is 13.2 Å². The third-order valence-corrected chi connectivity index (χ3v) is 6.08. The van der Waals surface area contributed by atoms with Gasteiger partial charge < -0.3 is 9.80 Å². The third kappa shape index (κ3) is 4.20. The number of hydrogen-bond donors (Lipinski definition) is 1. The van der Waals surface area contributed by atoms with E-state index in [0.717, 1.165) is 37.2 Å². The van der Waals surface area contributed by atoms with Gasteiger partial charge in [0.1, 0.15) is 0 Å². The topological polar surface area (TPSA) is 83.7 Å². The largest absolute Gasteiger partial charge is 0.372 e. The van der Waals surface area contributed by atoms with Crippen LogP contribution in [0.1, 0.15) is 42.6 Å². The van der Waals surface area contributed by atoms with Crippen LogP contribution in [0.2, 0.25) is 0 Å². The zero-order valence-corrected chi connectivity index (χ0v) is 17.2. The molecule has 0 radical (unpaired) electrons. The molecule has 0 saturated heterocycles. The lowest BCUT2D eigenvalue weighted by atomic mass is 10.1. The number of carbonyl (C=O) groups is 1. The minimum Gasteiger partial charge on any atom is -0.372 e. The van der Waals surface area contributed by atoms with Gasteiger partial charge in [0, 0.05) is 36.6 Å². The van der Waals surface area contributed by atoms with Gasteiger partial charge in [-0.05, 0) is 61.7 Å². The van der Waals surface area contributed by atoms with Gasteiger partial charge in [0.15, 0.2) is 0 Å². The quantitative estimate of drug-likeness (QED) is 0.772. The number of carbonyl (C=O) groups excluding carboxylic acids is 1. The van der Waals surface area contributed by atoms with E-state index in [1.54, 1.807) is 11.0 Å². The highest BCUT2D eigenvalue weighted by atomic mass is 32.2. The number of rotatable bonds is 7. The number of nitrogens with two attached hydrogens (primary N) is 1. The van der Waals surface area contributed by atoms with E-state index in [4.69, 9.17) is 5.14 Å². The number of anilines is 2. The minimum atomic E-state index is -3.81. The van der Waals surface area contributed by atoms with E-state index < -0.39 is 10.0 Å². The van der Waals surface area contributed by atoms with Crippen LogP contribution in [0, 0.1) is 0 Å². The van der Waals surface area contributed by atoms with Crippen molar-refractivity contribution in [2.75, 3.05) is 29.4 Å². The molecule has 6 nitrogen and oxygen atoms in total. The molecule has 1 amide bonds. The minimum absolute atomic E-state index is 0.0239. The smallest absolute Gasteiger partial charge is 0.258 e. The van der Waals surface area contributed by atoms with Crippen molar-refractivity contribution in [1.29, 1.82) is 0 Å². The maximum Gasteiger partial charge on any atom is 0.258 e. The molecular formula is C21H27N3O3S. The molecule has 7 heteroatoms. The molecule has 0 aliphatic carbocycles. The van der Waals surface area contributed by atoms with Crippen LogP contribution in [0.4, 0.5) is 11.4 Å². The van der Waals surface area contributed by atoms with Gasteiger partial charge in [-0.1, -0.05) is 19.4 Å². The van der Waals surface area contributed by atoms with Gasteiger partial charge in [-0.15, -0.1) is 0 Å². The normalized spacial score (nSPS) is 13.5. The summed E-state index contributed by atoms with van der Waals surface area (Å²) in [6, 6.07) is 12.4. The Bertz CT molecular complexity index is 955. The van der Waals surface area contributed by atoms with E-state index >= 15 is 0 Å². The highest BCUT2D eigenvalue weighted by Gasteiger charge is 2.27. The fourth-order valence-corrected chi connectivity index (χ4v) is 4.07. The molecule has 0 saturated carbocycles. The summed E-state index contributed by atoms with van der Waals surface area (Å²) in [4.78, 5) is 17.0. The van der Waals surface area contributed by atoms with Gasteiger partial charge in [-0.2, -0.15) is 0 Å². The first-order valence-corrected chi connectivity index (χ1v) is 11.2. The molecule has 0 aromatic heterocycles. The Hall–Kier alpha value is -2.38. The highest BCUT2D eigenvalue weighted by molar-refractivity contribution is 7.89. The molecule has 1 aliphatic rings. The van der Waals surface area contributed by atoms with E-state index in [9.17, 15) is 13.2 Å². The molecule has 150 valence electrons. The highest BCUT2D eigenvalue weighted by Crippen LogP contribution is 2.31. The molecule has 0 fully saturated rings. The van der Waals surface area contributed by atoms with Gasteiger partial charge in [0.25, 0.3) is 5.91 Å². The molecule has 1 heterocycles. The summed E-state index contributed by atoms with van der Waals surface area (Å²) in [5, 5.41) is 5.24. The first-order valence-electron chi connectivity index (χ1n) is 9.67. The Morgan fingerprint density at radius 3 is 2.46 bits per heavy atom. The summed E-state index contributed by atoms with van der Waals surface area (Å²) in [6.07, 6.45) is 2.97. The molecule has 28 heavy (non-hydrogen) atoms. The van der Waals surface area contributed by atoms with Crippen molar-refractivity contribution in [3.8, 4) is 0 Å². The average Bonchev–Trinajstić information content (AvgIpc) is 3.11. The Labute approximate surface area is 167 Å². The zero-order valence-electron chi connectivity index (χ0n) is 16.4. The molecule has 2 aromatic carbocycles. The third-order valence-electron chi connectivity index (χ3n) is 5.17. The summed E-state index contributed by atoms with van der Waals surface area (Å²) >= 11 is 0. The Balaban J connectivity index is 1.83. The lowest BCUT2D eigenvalue weighted by molar-refractivity contribution is 0.0989. The Kier molecular flexibility index (Phi) is 6.05. The summed E-state index contributed by atoms with van der Waals surface area (Å²) in [5.41, 5.74) is 3.27. The second-order valence-corrected chi connectivity index (χ2v) is 8.58. The zero-order chi connectivity index (χ0) is 20.3. The number of amides is 1. The van der Waals surface area contributed by atoms with Gasteiger partial charge in [-0.3, -0.25) is 4.79 Å². The van der Waals surface area contributed by atoms with Gasteiger partial charge in [0.2, 0.25) is 10.0 Å². The summed E-state index contributed by atoms with van der Waals surface area (Å²) in [5.74, 6) is -0.131. The average molecular weight is 402 g/mol. The maximum absolute atomic E-state index is 13.0. The first kappa shape index (κ1) is 20.4. The lowest BCUT2D eigenvalue weighted by Crippen LogP contribution is -2.29. The van der Waals surface area contributed by atoms with E-state index in [1.165, 1.54) is 12.1 Å². The molecule has 2 N–H and O–H groups in total. The monoisotopic (exact) mass is 401 g/mol. The predicted octanol–water partition coefficient (Wildman–Crippen LogP) is 3.16. The Morgan fingerprint density at radius 2 is 1.86 bits per heavy atom. The van der Waals surface area contributed by atoms with Crippen molar-refractivity contribution in [3.63, 3.8) is 0 Å². The standard InChI is InChI=1S/C21H27N3O3S/c1-3-5-13-23(4-2)18-9-6-17(7-10-18)21(25)24-14-12-16-8-11-19(15-20(16)24)28(22,26)27/h6-11,15H,3-5,12-14H2,1-2H3,(H2,22,26,27). The number of sulfonamides is 1. The fourth-order valence-electron chi connectivity index (χ4n) is 3.54. The van der Waals surface area contributed by atoms with E-state index in [0.29, 0.717) is 24.2 Å². The van der Waals surface area contributed by atoms with Crippen LogP contribution in [0.5, 0.6) is 0 Å². The van der Waals surface area contributed by atoms with E-state index in [1.807, 2.05) is 24.3 Å².